The molecule has 1 rings (SSSR count). The third-order valence-electron chi connectivity index (χ3n) is 1.87. The van der Waals surface area contributed by atoms with Gasteiger partial charge in [-0.25, -0.2) is 0 Å². The van der Waals surface area contributed by atoms with Gasteiger partial charge < -0.3 is 14.8 Å². The monoisotopic (exact) mass is 195 g/mol. The van der Waals surface area contributed by atoms with E-state index in [1.165, 1.54) is 7.11 Å². The maximum atomic E-state index is 11.7. The summed E-state index contributed by atoms with van der Waals surface area (Å²) in [6.07, 6.45) is -0.374. The zero-order chi connectivity index (χ0) is 9.84. The molecular formula is C7H11F2NO3. The quantitative estimate of drug-likeness (QED) is 0.650. The molecule has 2 atom stereocenters. The van der Waals surface area contributed by atoms with E-state index in [1.54, 1.807) is 0 Å². The van der Waals surface area contributed by atoms with Crippen molar-refractivity contribution in [2.45, 2.75) is 25.2 Å². The van der Waals surface area contributed by atoms with E-state index in [2.05, 4.69) is 14.8 Å². The second-order valence-corrected chi connectivity index (χ2v) is 2.74. The number of nitrogens with one attached hydrogen (secondary N) is 1. The number of esters is 1. The number of alkyl halides is 2. The number of hydrogen-bond donors (Lipinski definition) is 1. The van der Waals surface area contributed by atoms with Gasteiger partial charge in [0.1, 0.15) is 6.04 Å². The maximum absolute atomic E-state index is 11.7. The molecule has 1 saturated heterocycles. The number of methoxy groups -OCH3 is 1. The largest absolute Gasteiger partial charge is 0.468 e. The first-order valence-corrected chi connectivity index (χ1v) is 3.88. The van der Waals surface area contributed by atoms with Gasteiger partial charge in [-0.1, -0.05) is 0 Å². The van der Waals surface area contributed by atoms with Crippen molar-refractivity contribution >= 4 is 5.97 Å². The van der Waals surface area contributed by atoms with Crippen LogP contribution in [0.2, 0.25) is 0 Å². The van der Waals surface area contributed by atoms with Crippen LogP contribution in [-0.2, 0) is 14.3 Å². The second kappa shape index (κ2) is 4.48. The van der Waals surface area contributed by atoms with Crippen LogP contribution in [0, 0.1) is 0 Å². The molecule has 0 aromatic rings. The van der Waals surface area contributed by atoms with Crippen LogP contribution in [0.1, 0.15) is 6.42 Å². The first kappa shape index (κ1) is 10.3. The Morgan fingerprint density at radius 2 is 2.31 bits per heavy atom. The van der Waals surface area contributed by atoms with Crippen LogP contribution in [0.15, 0.2) is 0 Å². The van der Waals surface area contributed by atoms with E-state index in [-0.39, 0.29) is 13.0 Å². The summed E-state index contributed by atoms with van der Waals surface area (Å²) in [7, 11) is 1.26. The van der Waals surface area contributed by atoms with Crippen LogP contribution in [0.4, 0.5) is 8.78 Å². The molecule has 1 fully saturated rings. The van der Waals surface area contributed by atoms with Crippen molar-refractivity contribution in [3.63, 3.8) is 0 Å². The van der Waals surface area contributed by atoms with Crippen LogP contribution in [0.3, 0.4) is 0 Å². The fraction of sp³-hybridized carbons (Fsp3) is 0.857. The van der Waals surface area contributed by atoms with Crippen LogP contribution in [0.25, 0.3) is 0 Å². The van der Waals surface area contributed by atoms with Crippen molar-refractivity contribution < 1.29 is 23.0 Å². The summed E-state index contributed by atoms with van der Waals surface area (Å²) in [6, 6.07) is -0.520. The molecule has 0 amide bonds. The van der Waals surface area contributed by atoms with E-state index in [4.69, 9.17) is 0 Å². The molecule has 13 heavy (non-hydrogen) atoms. The lowest BCUT2D eigenvalue weighted by atomic mass is 10.2. The normalized spacial score (nSPS) is 28.0. The van der Waals surface area contributed by atoms with Crippen LogP contribution in [-0.4, -0.2) is 38.4 Å². The average molecular weight is 195 g/mol. The molecule has 0 aromatic heterocycles. The van der Waals surface area contributed by atoms with E-state index in [0.717, 1.165) is 0 Å². The molecule has 0 saturated carbocycles. The zero-order valence-corrected chi connectivity index (χ0v) is 7.13. The molecule has 0 radical (unpaired) electrons. The highest BCUT2D eigenvalue weighted by Crippen LogP contribution is 2.14. The Morgan fingerprint density at radius 1 is 1.62 bits per heavy atom. The van der Waals surface area contributed by atoms with Gasteiger partial charge in [0.25, 0.3) is 0 Å². The number of hydrogen-bond acceptors (Lipinski definition) is 4. The van der Waals surface area contributed by atoms with E-state index in [0.29, 0.717) is 0 Å². The topological polar surface area (TPSA) is 47.6 Å². The van der Waals surface area contributed by atoms with E-state index in [9.17, 15) is 13.6 Å². The van der Waals surface area contributed by atoms with Gasteiger partial charge in [-0.05, 0) is 0 Å². The van der Waals surface area contributed by atoms with Gasteiger partial charge in [0, 0.05) is 13.0 Å². The van der Waals surface area contributed by atoms with Crippen molar-refractivity contribution in [1.82, 2.24) is 5.32 Å². The van der Waals surface area contributed by atoms with Crippen LogP contribution in [0.5, 0.6) is 0 Å². The summed E-state index contributed by atoms with van der Waals surface area (Å²) in [6.45, 7) is -2.53. The zero-order valence-electron chi connectivity index (χ0n) is 7.13. The lowest BCUT2D eigenvalue weighted by Gasteiger charge is -2.09. The summed E-state index contributed by atoms with van der Waals surface area (Å²) in [5.74, 6) is -0.444. The van der Waals surface area contributed by atoms with Gasteiger partial charge in [-0.3, -0.25) is 4.79 Å². The molecule has 1 unspecified atom stereocenters. The number of carbonyl (C=O) groups excluding carboxylic acids is 1. The molecule has 0 aliphatic carbocycles. The predicted octanol–water partition coefficient (Wildman–Crippen LogP) is 0.129. The second-order valence-electron chi connectivity index (χ2n) is 2.74. The molecular weight excluding hydrogens is 184 g/mol. The maximum Gasteiger partial charge on any atom is 0.345 e. The summed E-state index contributed by atoms with van der Waals surface area (Å²) in [5, 5.41) is 2.73. The molecule has 1 N–H and O–H groups in total. The van der Waals surface area contributed by atoms with E-state index < -0.39 is 24.7 Å². The SMILES string of the molecule is COC(=O)[C@@H]1CC(OC(F)F)CN1. The van der Waals surface area contributed by atoms with Gasteiger partial charge in [0.15, 0.2) is 0 Å². The lowest BCUT2D eigenvalue weighted by molar-refractivity contribution is -0.159. The summed E-state index contributed by atoms with van der Waals surface area (Å²) in [4.78, 5) is 10.9. The fourth-order valence-electron chi connectivity index (χ4n) is 1.27. The highest BCUT2D eigenvalue weighted by atomic mass is 19.3. The Morgan fingerprint density at radius 3 is 2.85 bits per heavy atom. The molecule has 0 aromatic carbocycles. The van der Waals surface area contributed by atoms with Crippen LogP contribution >= 0.6 is 0 Å². The third-order valence-corrected chi connectivity index (χ3v) is 1.87. The predicted molar refractivity (Wildman–Crippen MR) is 39.3 cm³/mol. The minimum Gasteiger partial charge on any atom is -0.468 e. The van der Waals surface area contributed by atoms with Gasteiger partial charge in [0.2, 0.25) is 0 Å². The van der Waals surface area contributed by atoms with E-state index >= 15 is 0 Å². The van der Waals surface area contributed by atoms with Crippen molar-refractivity contribution in [3.8, 4) is 0 Å². The number of halogens is 2. The molecule has 1 heterocycles. The Labute approximate surface area is 74.2 Å². The summed E-state index contributed by atoms with van der Waals surface area (Å²) in [5.41, 5.74) is 0. The number of ether oxygens (including phenoxy) is 2. The van der Waals surface area contributed by atoms with E-state index in [1.807, 2.05) is 0 Å². The molecule has 1 aliphatic rings. The molecule has 6 heteroatoms. The van der Waals surface area contributed by atoms with Gasteiger partial charge >= 0.3 is 12.6 Å². The minimum absolute atomic E-state index is 0.233. The highest BCUT2D eigenvalue weighted by Gasteiger charge is 2.32. The summed E-state index contributed by atoms with van der Waals surface area (Å²) < 4.78 is 32.1. The third kappa shape index (κ3) is 2.89. The van der Waals surface area contributed by atoms with Gasteiger partial charge in [0.05, 0.1) is 13.2 Å². The first-order chi connectivity index (χ1) is 6.13. The summed E-state index contributed by atoms with van der Waals surface area (Å²) >= 11 is 0. The molecule has 4 nitrogen and oxygen atoms in total. The van der Waals surface area contributed by atoms with Crippen molar-refractivity contribution in [3.05, 3.63) is 0 Å². The minimum atomic E-state index is -2.79. The standard InChI is InChI=1S/C7H11F2NO3/c1-12-6(11)5-2-4(3-10-5)13-7(8)9/h4-5,7,10H,2-3H2,1H3/t4?,5-/m0/s1. The fourth-order valence-corrected chi connectivity index (χ4v) is 1.27. The molecule has 0 spiro atoms. The molecule has 0 bridgehead atoms. The number of rotatable bonds is 3. The lowest BCUT2D eigenvalue weighted by Crippen LogP contribution is -2.31. The van der Waals surface area contributed by atoms with Crippen molar-refractivity contribution in [2.75, 3.05) is 13.7 Å². The van der Waals surface area contributed by atoms with Crippen LogP contribution < -0.4 is 5.32 Å². The Balaban J connectivity index is 2.32. The Kier molecular flexibility index (Phi) is 3.56. The molecule has 1 aliphatic heterocycles. The van der Waals surface area contributed by atoms with Gasteiger partial charge in [-0.2, -0.15) is 8.78 Å². The number of carbonyl (C=O) groups is 1. The van der Waals surface area contributed by atoms with Crippen molar-refractivity contribution in [2.24, 2.45) is 0 Å². The smallest absolute Gasteiger partial charge is 0.345 e. The first-order valence-electron chi connectivity index (χ1n) is 3.88. The Bertz CT molecular complexity index is 189. The van der Waals surface area contributed by atoms with Crippen molar-refractivity contribution in [1.29, 1.82) is 0 Å². The van der Waals surface area contributed by atoms with Gasteiger partial charge in [-0.15, -0.1) is 0 Å². The average Bonchev–Trinajstić information content (AvgIpc) is 2.50. The Hall–Kier alpha value is -0.750. The highest BCUT2D eigenvalue weighted by molar-refractivity contribution is 5.76. The molecule has 76 valence electrons.